The zero-order chi connectivity index (χ0) is 13.5. The summed E-state index contributed by atoms with van der Waals surface area (Å²) in [6.45, 7) is 3.39. The van der Waals surface area contributed by atoms with E-state index in [2.05, 4.69) is 11.4 Å². The average Bonchev–Trinajstić information content (AvgIpc) is 2.47. The van der Waals surface area contributed by atoms with Crippen LogP contribution in [0.4, 0.5) is 5.69 Å². The first kappa shape index (κ1) is 13.3. The molecule has 2 aromatic carbocycles. The Labute approximate surface area is 114 Å². The monoisotopic (exact) mass is 257 g/mol. The van der Waals surface area contributed by atoms with E-state index in [0.717, 1.165) is 29.3 Å². The van der Waals surface area contributed by atoms with Gasteiger partial charge in [-0.05, 0) is 25.1 Å². The van der Waals surface area contributed by atoms with Gasteiger partial charge in [-0.25, -0.2) is 0 Å². The number of hydrogen-bond acceptors (Lipinski definition) is 3. The molecule has 1 N–H and O–H groups in total. The van der Waals surface area contributed by atoms with Crippen LogP contribution < -0.4 is 14.8 Å². The smallest absolute Gasteiger partial charge is 0.124 e. The van der Waals surface area contributed by atoms with Gasteiger partial charge in [-0.3, -0.25) is 0 Å². The summed E-state index contributed by atoms with van der Waals surface area (Å²) in [6, 6.07) is 16.0. The van der Waals surface area contributed by atoms with Crippen LogP contribution in [-0.4, -0.2) is 13.7 Å². The number of methoxy groups -OCH3 is 1. The summed E-state index contributed by atoms with van der Waals surface area (Å²) in [5.74, 6) is 1.78. The van der Waals surface area contributed by atoms with Crippen LogP contribution in [-0.2, 0) is 6.54 Å². The van der Waals surface area contributed by atoms with E-state index >= 15 is 0 Å². The molecule has 3 heteroatoms. The summed E-state index contributed by atoms with van der Waals surface area (Å²) >= 11 is 0. The standard InChI is InChI=1S/C16H19NO2/c1-3-19-16-10-5-4-7-13(16)12-17-14-8-6-9-15(11-14)18-2/h4-11,17H,3,12H2,1-2H3. The molecular formula is C16H19NO2. The van der Waals surface area contributed by atoms with Crippen LogP contribution in [0.3, 0.4) is 0 Å². The molecule has 2 rings (SSSR count). The average molecular weight is 257 g/mol. The maximum atomic E-state index is 5.61. The predicted octanol–water partition coefficient (Wildman–Crippen LogP) is 3.71. The van der Waals surface area contributed by atoms with Crippen molar-refractivity contribution in [1.29, 1.82) is 0 Å². The zero-order valence-electron chi connectivity index (χ0n) is 11.3. The molecule has 0 unspecified atom stereocenters. The third-order valence-corrected chi connectivity index (χ3v) is 2.83. The van der Waals surface area contributed by atoms with Gasteiger partial charge in [0.1, 0.15) is 11.5 Å². The van der Waals surface area contributed by atoms with Crippen molar-refractivity contribution in [3.63, 3.8) is 0 Å². The molecule has 0 spiro atoms. The highest BCUT2D eigenvalue weighted by Crippen LogP contribution is 2.21. The zero-order valence-corrected chi connectivity index (χ0v) is 11.3. The van der Waals surface area contributed by atoms with E-state index in [1.165, 1.54) is 0 Å². The van der Waals surface area contributed by atoms with Crippen molar-refractivity contribution < 1.29 is 9.47 Å². The lowest BCUT2D eigenvalue weighted by molar-refractivity contribution is 0.337. The topological polar surface area (TPSA) is 30.5 Å². The fraction of sp³-hybridized carbons (Fsp3) is 0.250. The van der Waals surface area contributed by atoms with Crippen LogP contribution in [0, 0.1) is 0 Å². The van der Waals surface area contributed by atoms with Crippen LogP contribution in [0.2, 0.25) is 0 Å². The molecule has 0 bridgehead atoms. The van der Waals surface area contributed by atoms with Crippen molar-refractivity contribution in [2.75, 3.05) is 19.0 Å². The molecule has 0 aliphatic rings. The molecule has 0 amide bonds. The van der Waals surface area contributed by atoms with Crippen molar-refractivity contribution in [1.82, 2.24) is 0 Å². The lowest BCUT2D eigenvalue weighted by atomic mass is 10.2. The number of nitrogens with one attached hydrogen (secondary N) is 1. The number of para-hydroxylation sites is 1. The van der Waals surface area contributed by atoms with Crippen molar-refractivity contribution in [2.45, 2.75) is 13.5 Å². The SMILES string of the molecule is CCOc1ccccc1CNc1cccc(OC)c1. The number of hydrogen-bond donors (Lipinski definition) is 1. The number of rotatable bonds is 6. The Morgan fingerprint density at radius 2 is 1.89 bits per heavy atom. The van der Waals surface area contributed by atoms with Crippen molar-refractivity contribution >= 4 is 5.69 Å². The van der Waals surface area contributed by atoms with Gasteiger partial charge in [0.2, 0.25) is 0 Å². The van der Waals surface area contributed by atoms with E-state index < -0.39 is 0 Å². The van der Waals surface area contributed by atoms with Crippen molar-refractivity contribution in [3.8, 4) is 11.5 Å². The highest BCUT2D eigenvalue weighted by Gasteiger charge is 2.02. The van der Waals surface area contributed by atoms with Crippen molar-refractivity contribution in [3.05, 3.63) is 54.1 Å². The Hall–Kier alpha value is -2.16. The minimum atomic E-state index is 0.677. The molecule has 0 saturated heterocycles. The first-order valence-electron chi connectivity index (χ1n) is 6.42. The molecule has 3 nitrogen and oxygen atoms in total. The molecule has 0 atom stereocenters. The first-order chi connectivity index (χ1) is 9.33. The number of ether oxygens (including phenoxy) is 2. The first-order valence-corrected chi connectivity index (χ1v) is 6.42. The summed E-state index contributed by atoms with van der Waals surface area (Å²) in [5.41, 5.74) is 2.18. The Morgan fingerprint density at radius 1 is 1.05 bits per heavy atom. The second kappa shape index (κ2) is 6.69. The highest BCUT2D eigenvalue weighted by molar-refractivity contribution is 5.49. The van der Waals surface area contributed by atoms with Gasteiger partial charge in [-0.15, -0.1) is 0 Å². The molecule has 0 aliphatic carbocycles. The highest BCUT2D eigenvalue weighted by atomic mass is 16.5. The largest absolute Gasteiger partial charge is 0.497 e. The lowest BCUT2D eigenvalue weighted by Gasteiger charge is -2.12. The van der Waals surface area contributed by atoms with Crippen LogP contribution in [0.5, 0.6) is 11.5 Å². The van der Waals surface area contributed by atoms with E-state index in [4.69, 9.17) is 9.47 Å². The maximum Gasteiger partial charge on any atom is 0.124 e. The van der Waals surface area contributed by atoms with Gasteiger partial charge in [0.15, 0.2) is 0 Å². The summed E-state index contributed by atoms with van der Waals surface area (Å²) in [6.07, 6.45) is 0. The van der Waals surface area contributed by atoms with Crippen LogP contribution in [0.15, 0.2) is 48.5 Å². The van der Waals surface area contributed by atoms with E-state index in [1.807, 2.05) is 49.4 Å². The molecular weight excluding hydrogens is 238 g/mol. The van der Waals surface area contributed by atoms with Gasteiger partial charge < -0.3 is 14.8 Å². The third-order valence-electron chi connectivity index (χ3n) is 2.83. The normalized spacial score (nSPS) is 10.0. The number of benzene rings is 2. The van der Waals surface area contributed by atoms with E-state index in [1.54, 1.807) is 7.11 Å². The Morgan fingerprint density at radius 3 is 2.68 bits per heavy atom. The van der Waals surface area contributed by atoms with Gasteiger partial charge in [0, 0.05) is 23.9 Å². The van der Waals surface area contributed by atoms with Gasteiger partial charge in [-0.1, -0.05) is 24.3 Å². The van der Waals surface area contributed by atoms with Gasteiger partial charge in [-0.2, -0.15) is 0 Å². The van der Waals surface area contributed by atoms with E-state index in [-0.39, 0.29) is 0 Å². The number of anilines is 1. The van der Waals surface area contributed by atoms with Gasteiger partial charge >= 0.3 is 0 Å². The molecule has 0 saturated carbocycles. The second-order valence-corrected chi connectivity index (χ2v) is 4.13. The molecule has 0 aromatic heterocycles. The van der Waals surface area contributed by atoms with Gasteiger partial charge in [0.05, 0.1) is 13.7 Å². The predicted molar refractivity (Wildman–Crippen MR) is 77.9 cm³/mol. The molecule has 0 aliphatic heterocycles. The van der Waals surface area contributed by atoms with Gasteiger partial charge in [0.25, 0.3) is 0 Å². The Balaban J connectivity index is 2.05. The molecule has 0 heterocycles. The summed E-state index contributed by atoms with van der Waals surface area (Å²) in [7, 11) is 1.67. The minimum Gasteiger partial charge on any atom is -0.497 e. The quantitative estimate of drug-likeness (QED) is 0.855. The molecule has 0 fully saturated rings. The second-order valence-electron chi connectivity index (χ2n) is 4.13. The maximum absolute atomic E-state index is 5.61. The summed E-state index contributed by atoms with van der Waals surface area (Å²) in [4.78, 5) is 0. The van der Waals surface area contributed by atoms with Crippen LogP contribution >= 0.6 is 0 Å². The molecule has 2 aromatic rings. The van der Waals surface area contributed by atoms with Crippen LogP contribution in [0.1, 0.15) is 12.5 Å². The van der Waals surface area contributed by atoms with E-state index in [0.29, 0.717) is 6.61 Å². The third kappa shape index (κ3) is 3.65. The Bertz CT molecular complexity index is 526. The summed E-state index contributed by atoms with van der Waals surface area (Å²) < 4.78 is 10.8. The minimum absolute atomic E-state index is 0.677. The van der Waals surface area contributed by atoms with Crippen LogP contribution in [0.25, 0.3) is 0 Å². The van der Waals surface area contributed by atoms with E-state index in [9.17, 15) is 0 Å². The lowest BCUT2D eigenvalue weighted by Crippen LogP contribution is -2.03. The summed E-state index contributed by atoms with van der Waals surface area (Å²) in [5, 5.41) is 3.37. The Kier molecular flexibility index (Phi) is 4.67. The fourth-order valence-electron chi connectivity index (χ4n) is 1.88. The van der Waals surface area contributed by atoms with Crippen molar-refractivity contribution in [2.24, 2.45) is 0 Å². The molecule has 100 valence electrons. The fourth-order valence-corrected chi connectivity index (χ4v) is 1.88. The molecule has 19 heavy (non-hydrogen) atoms. The molecule has 0 radical (unpaired) electrons.